The van der Waals surface area contributed by atoms with Crippen molar-refractivity contribution in [2.75, 3.05) is 24.5 Å². The standard InChI is InChI=1S/C25H29FN4O2/c26-19-7-5-17(6-8-19)14-27-20-13-23-25(32)28-15-21(30(23)16-20)9-10-24(31)29-12-11-18-3-1-2-4-22(18)29/h1-8,20-21,23,27H,9-16H2,(H,28,32)/t20-,21+,23-/m0/s1. The number of rotatable bonds is 6. The first kappa shape index (κ1) is 21.1. The van der Waals surface area contributed by atoms with Crippen LogP contribution in [-0.4, -0.2) is 54.5 Å². The average Bonchev–Trinajstić information content (AvgIpc) is 3.43. The van der Waals surface area contributed by atoms with Gasteiger partial charge >= 0.3 is 0 Å². The van der Waals surface area contributed by atoms with Gasteiger partial charge in [-0.05, 0) is 48.6 Å². The summed E-state index contributed by atoms with van der Waals surface area (Å²) in [5, 5.41) is 6.55. The van der Waals surface area contributed by atoms with E-state index in [0.717, 1.165) is 43.6 Å². The van der Waals surface area contributed by atoms with Gasteiger partial charge in [-0.15, -0.1) is 0 Å². The van der Waals surface area contributed by atoms with Crippen molar-refractivity contribution >= 4 is 17.5 Å². The first-order chi connectivity index (χ1) is 15.6. The van der Waals surface area contributed by atoms with Crippen LogP contribution in [0.5, 0.6) is 0 Å². The highest BCUT2D eigenvalue weighted by atomic mass is 19.1. The summed E-state index contributed by atoms with van der Waals surface area (Å²) in [7, 11) is 0. The summed E-state index contributed by atoms with van der Waals surface area (Å²) >= 11 is 0. The van der Waals surface area contributed by atoms with Gasteiger partial charge in [0.1, 0.15) is 5.82 Å². The molecular weight excluding hydrogens is 407 g/mol. The van der Waals surface area contributed by atoms with Gasteiger partial charge in [0.15, 0.2) is 0 Å². The Bertz CT molecular complexity index is 996. The lowest BCUT2D eigenvalue weighted by molar-refractivity contribution is -0.129. The van der Waals surface area contributed by atoms with Crippen LogP contribution in [0.15, 0.2) is 48.5 Å². The second-order valence-electron chi connectivity index (χ2n) is 9.01. The zero-order chi connectivity index (χ0) is 22.1. The van der Waals surface area contributed by atoms with E-state index in [-0.39, 0.29) is 35.8 Å². The van der Waals surface area contributed by atoms with E-state index in [1.165, 1.54) is 17.7 Å². The van der Waals surface area contributed by atoms with Crippen molar-refractivity contribution in [3.8, 4) is 0 Å². The number of nitrogens with one attached hydrogen (secondary N) is 2. The summed E-state index contributed by atoms with van der Waals surface area (Å²) < 4.78 is 13.1. The number of anilines is 1. The number of hydrogen-bond donors (Lipinski definition) is 2. The summed E-state index contributed by atoms with van der Waals surface area (Å²) in [5.74, 6) is -0.000985. The van der Waals surface area contributed by atoms with Crippen molar-refractivity contribution in [3.05, 3.63) is 65.5 Å². The van der Waals surface area contributed by atoms with Gasteiger partial charge in [-0.25, -0.2) is 4.39 Å². The molecule has 3 aliphatic rings. The predicted octanol–water partition coefficient (Wildman–Crippen LogP) is 2.23. The fourth-order valence-corrected chi connectivity index (χ4v) is 5.28. The minimum Gasteiger partial charge on any atom is -0.353 e. The van der Waals surface area contributed by atoms with E-state index in [2.05, 4.69) is 21.6 Å². The molecule has 2 aromatic rings. The Kier molecular flexibility index (Phi) is 5.93. The number of carbonyl (C=O) groups is 2. The third-order valence-corrected chi connectivity index (χ3v) is 7.01. The van der Waals surface area contributed by atoms with Gasteiger partial charge in [0, 0.05) is 50.4 Å². The van der Waals surface area contributed by atoms with E-state index in [1.54, 1.807) is 12.1 Å². The van der Waals surface area contributed by atoms with Gasteiger partial charge < -0.3 is 15.5 Å². The molecule has 7 heteroatoms. The first-order valence-corrected chi connectivity index (χ1v) is 11.5. The van der Waals surface area contributed by atoms with Crippen LogP contribution in [0.1, 0.15) is 30.4 Å². The van der Waals surface area contributed by atoms with Gasteiger partial charge in [0.2, 0.25) is 11.8 Å². The molecule has 3 aliphatic heterocycles. The van der Waals surface area contributed by atoms with Crippen molar-refractivity contribution < 1.29 is 14.0 Å². The van der Waals surface area contributed by atoms with Crippen LogP contribution in [0, 0.1) is 5.82 Å². The number of hydrogen-bond acceptors (Lipinski definition) is 4. The number of piperazine rings is 1. The van der Waals surface area contributed by atoms with Gasteiger partial charge in [0.25, 0.3) is 0 Å². The summed E-state index contributed by atoms with van der Waals surface area (Å²) in [6.45, 7) is 2.76. The van der Waals surface area contributed by atoms with Crippen molar-refractivity contribution in [1.82, 2.24) is 15.5 Å². The molecule has 2 fully saturated rings. The maximum Gasteiger partial charge on any atom is 0.237 e. The molecule has 2 N–H and O–H groups in total. The lowest BCUT2D eigenvalue weighted by Crippen LogP contribution is -2.58. The largest absolute Gasteiger partial charge is 0.353 e. The number of para-hydroxylation sites is 1. The molecule has 2 amide bonds. The van der Waals surface area contributed by atoms with Crippen LogP contribution < -0.4 is 15.5 Å². The SMILES string of the molecule is O=C1NC[C@@H](CCC(=O)N2CCc3ccccc32)N2C[C@@H](NCc3ccc(F)cc3)C[C@@H]12. The van der Waals surface area contributed by atoms with Crippen molar-refractivity contribution in [3.63, 3.8) is 0 Å². The molecule has 6 nitrogen and oxygen atoms in total. The van der Waals surface area contributed by atoms with E-state index in [1.807, 2.05) is 23.1 Å². The van der Waals surface area contributed by atoms with Crippen molar-refractivity contribution in [1.29, 1.82) is 0 Å². The minimum absolute atomic E-state index is 0.0760. The summed E-state index contributed by atoms with van der Waals surface area (Å²) in [6.07, 6.45) is 2.87. The van der Waals surface area contributed by atoms with E-state index < -0.39 is 0 Å². The topological polar surface area (TPSA) is 64.7 Å². The molecule has 0 spiro atoms. The van der Waals surface area contributed by atoms with Crippen LogP contribution in [0.4, 0.5) is 10.1 Å². The molecule has 32 heavy (non-hydrogen) atoms. The second kappa shape index (κ2) is 9.00. The molecule has 0 aromatic heterocycles. The van der Waals surface area contributed by atoms with Gasteiger partial charge in [-0.1, -0.05) is 30.3 Å². The molecule has 2 aromatic carbocycles. The maximum absolute atomic E-state index is 13.1. The molecule has 3 heterocycles. The minimum atomic E-state index is -0.238. The Balaban J connectivity index is 1.17. The third-order valence-electron chi connectivity index (χ3n) is 7.01. The highest BCUT2D eigenvalue weighted by Gasteiger charge is 2.43. The first-order valence-electron chi connectivity index (χ1n) is 11.5. The highest BCUT2D eigenvalue weighted by molar-refractivity contribution is 5.95. The lowest BCUT2D eigenvalue weighted by atomic mass is 10.0. The predicted molar refractivity (Wildman–Crippen MR) is 121 cm³/mol. The Morgan fingerprint density at radius 2 is 1.97 bits per heavy atom. The third kappa shape index (κ3) is 4.27. The zero-order valence-electron chi connectivity index (χ0n) is 18.1. The van der Waals surface area contributed by atoms with Crippen molar-refractivity contribution in [2.45, 2.75) is 50.4 Å². The molecule has 0 aliphatic carbocycles. The summed E-state index contributed by atoms with van der Waals surface area (Å²) in [5.41, 5.74) is 3.30. The number of nitrogens with zero attached hydrogens (tertiary/aromatic N) is 2. The fraction of sp³-hybridized carbons (Fsp3) is 0.440. The maximum atomic E-state index is 13.1. The van der Waals surface area contributed by atoms with E-state index in [0.29, 0.717) is 19.5 Å². The van der Waals surface area contributed by atoms with E-state index in [9.17, 15) is 14.0 Å². The second-order valence-corrected chi connectivity index (χ2v) is 9.01. The van der Waals surface area contributed by atoms with Gasteiger partial charge in [-0.3, -0.25) is 14.5 Å². The normalized spacial score (nSPS) is 24.8. The Morgan fingerprint density at radius 1 is 1.16 bits per heavy atom. The summed E-state index contributed by atoms with van der Waals surface area (Å²) in [4.78, 5) is 29.6. The van der Waals surface area contributed by atoms with Gasteiger partial charge in [0.05, 0.1) is 6.04 Å². The number of fused-ring (bicyclic) bond motifs is 2. The molecular formula is C25H29FN4O2. The average molecular weight is 437 g/mol. The molecule has 0 unspecified atom stereocenters. The number of benzene rings is 2. The van der Waals surface area contributed by atoms with Crippen molar-refractivity contribution in [2.24, 2.45) is 0 Å². The number of halogens is 1. The molecule has 3 atom stereocenters. The van der Waals surface area contributed by atoms with Crippen LogP contribution in [0.2, 0.25) is 0 Å². The fourth-order valence-electron chi connectivity index (χ4n) is 5.28. The zero-order valence-corrected chi connectivity index (χ0v) is 18.1. The number of amides is 2. The van der Waals surface area contributed by atoms with E-state index in [4.69, 9.17) is 0 Å². The van der Waals surface area contributed by atoms with Crippen LogP contribution in [-0.2, 0) is 22.6 Å². The molecule has 2 saturated heterocycles. The Labute approximate surface area is 187 Å². The van der Waals surface area contributed by atoms with Crippen LogP contribution >= 0.6 is 0 Å². The van der Waals surface area contributed by atoms with Crippen LogP contribution in [0.25, 0.3) is 0 Å². The van der Waals surface area contributed by atoms with Crippen LogP contribution in [0.3, 0.4) is 0 Å². The molecule has 0 saturated carbocycles. The molecule has 0 bridgehead atoms. The Morgan fingerprint density at radius 3 is 2.81 bits per heavy atom. The molecule has 0 radical (unpaired) electrons. The monoisotopic (exact) mass is 436 g/mol. The summed E-state index contributed by atoms with van der Waals surface area (Å²) in [6, 6.07) is 14.8. The van der Waals surface area contributed by atoms with E-state index >= 15 is 0 Å². The van der Waals surface area contributed by atoms with Gasteiger partial charge in [-0.2, -0.15) is 0 Å². The number of carbonyl (C=O) groups excluding carboxylic acids is 2. The quantitative estimate of drug-likeness (QED) is 0.729. The molecule has 5 rings (SSSR count). The molecule has 168 valence electrons. The highest BCUT2D eigenvalue weighted by Crippen LogP contribution is 2.30. The smallest absolute Gasteiger partial charge is 0.237 e. The lowest BCUT2D eigenvalue weighted by Gasteiger charge is -2.37. The Hall–Kier alpha value is -2.77.